The number of carbonyl (C=O) groups excluding carboxylic acids is 1. The first-order chi connectivity index (χ1) is 11.4. The van der Waals surface area contributed by atoms with E-state index in [1.807, 2.05) is 18.4 Å². The summed E-state index contributed by atoms with van der Waals surface area (Å²) in [5.41, 5.74) is 4.57. The third-order valence-corrected chi connectivity index (χ3v) is 5.12. The second-order valence-corrected chi connectivity index (χ2v) is 6.79. The first-order valence-corrected chi connectivity index (χ1v) is 8.36. The lowest BCUT2D eigenvalue weighted by Gasteiger charge is -2.02. The summed E-state index contributed by atoms with van der Waals surface area (Å²) in [7, 11) is 1.80. The lowest BCUT2D eigenvalue weighted by molar-refractivity contribution is 0.0992. The van der Waals surface area contributed by atoms with Crippen LogP contribution < -0.4 is 4.80 Å². The van der Waals surface area contributed by atoms with Crippen molar-refractivity contribution in [1.82, 2.24) is 14.3 Å². The molecule has 0 saturated heterocycles. The van der Waals surface area contributed by atoms with E-state index in [0.717, 1.165) is 27.0 Å². The van der Waals surface area contributed by atoms with Crippen molar-refractivity contribution in [2.24, 2.45) is 12.0 Å². The molecule has 3 rings (SSSR count). The number of aryl methyl sites for hydroxylation is 4. The molecule has 3 aromatic rings. The first kappa shape index (κ1) is 16.2. The Balaban J connectivity index is 2.21. The maximum atomic E-state index is 12.5. The Morgan fingerprint density at radius 1 is 1.33 bits per heavy atom. The zero-order chi connectivity index (χ0) is 17.4. The number of rotatable bonds is 2. The molecule has 2 heterocycles. The summed E-state index contributed by atoms with van der Waals surface area (Å²) >= 11 is 1.48. The molecule has 5 nitrogen and oxygen atoms in total. The smallest absolute Gasteiger partial charge is 0.300 e. The minimum Gasteiger partial charge on any atom is -0.305 e. The van der Waals surface area contributed by atoms with Crippen LogP contribution in [0.4, 0.5) is 0 Å². The van der Waals surface area contributed by atoms with Crippen molar-refractivity contribution in [2.75, 3.05) is 0 Å². The Bertz CT molecular complexity index is 1040. The van der Waals surface area contributed by atoms with Gasteiger partial charge in [0.1, 0.15) is 0 Å². The number of benzene rings is 1. The van der Waals surface area contributed by atoms with E-state index in [0.29, 0.717) is 17.0 Å². The molecule has 1 aromatic carbocycles. The van der Waals surface area contributed by atoms with Crippen molar-refractivity contribution in [3.63, 3.8) is 0 Å². The van der Waals surface area contributed by atoms with E-state index in [1.54, 1.807) is 17.8 Å². The van der Waals surface area contributed by atoms with Crippen molar-refractivity contribution < 1.29 is 4.79 Å². The number of amides is 1. The van der Waals surface area contributed by atoms with Crippen LogP contribution in [0.15, 0.2) is 23.2 Å². The number of fused-ring (bicyclic) bond motifs is 1. The molecule has 0 bridgehead atoms. The molecule has 0 spiro atoms. The van der Waals surface area contributed by atoms with Gasteiger partial charge in [0, 0.05) is 12.7 Å². The average molecular weight is 338 g/mol. The van der Waals surface area contributed by atoms with Gasteiger partial charge in [-0.2, -0.15) is 10.1 Å². The maximum Gasteiger partial charge on any atom is 0.300 e. The van der Waals surface area contributed by atoms with E-state index in [2.05, 4.69) is 35.1 Å². The van der Waals surface area contributed by atoms with Gasteiger partial charge in [0.2, 0.25) is 0 Å². The predicted molar refractivity (Wildman–Crippen MR) is 96.0 cm³/mol. The molecular weight excluding hydrogens is 320 g/mol. The summed E-state index contributed by atoms with van der Waals surface area (Å²) in [6.45, 7) is 6.37. The highest BCUT2D eigenvalue weighted by Crippen LogP contribution is 2.23. The van der Waals surface area contributed by atoms with Crippen molar-refractivity contribution in [3.8, 4) is 12.3 Å². The molecule has 6 heteroatoms. The van der Waals surface area contributed by atoms with Crippen LogP contribution in [-0.2, 0) is 13.6 Å². The van der Waals surface area contributed by atoms with Crippen LogP contribution in [-0.4, -0.2) is 20.3 Å². The van der Waals surface area contributed by atoms with Crippen molar-refractivity contribution in [1.29, 1.82) is 0 Å². The van der Waals surface area contributed by atoms with Gasteiger partial charge in [-0.25, -0.2) is 0 Å². The number of terminal acetylenes is 1. The highest BCUT2D eigenvalue weighted by Gasteiger charge is 2.13. The van der Waals surface area contributed by atoms with Crippen molar-refractivity contribution in [3.05, 3.63) is 45.5 Å². The summed E-state index contributed by atoms with van der Waals surface area (Å²) in [6, 6.07) is 5.93. The molecule has 1 amide bonds. The number of aromatic nitrogens is 3. The molecule has 0 unspecified atom stereocenters. The molecule has 0 aliphatic carbocycles. The van der Waals surface area contributed by atoms with Crippen LogP contribution in [0.2, 0.25) is 0 Å². The molecule has 0 aliphatic heterocycles. The summed E-state index contributed by atoms with van der Waals surface area (Å²) in [5.74, 6) is 2.29. The number of hydrogen-bond donors (Lipinski definition) is 0. The molecule has 2 aromatic heterocycles. The van der Waals surface area contributed by atoms with Gasteiger partial charge in [-0.05, 0) is 44.0 Å². The van der Waals surface area contributed by atoms with Gasteiger partial charge in [-0.15, -0.1) is 6.42 Å². The second-order valence-electron chi connectivity index (χ2n) is 5.82. The van der Waals surface area contributed by atoms with E-state index in [1.165, 1.54) is 11.3 Å². The molecule has 0 N–H and O–H groups in total. The lowest BCUT2D eigenvalue weighted by atomic mass is 10.1. The Labute approximate surface area is 144 Å². The van der Waals surface area contributed by atoms with Crippen LogP contribution in [0, 0.1) is 33.1 Å². The van der Waals surface area contributed by atoms with Gasteiger partial charge >= 0.3 is 0 Å². The van der Waals surface area contributed by atoms with E-state index in [4.69, 9.17) is 6.42 Å². The monoisotopic (exact) mass is 338 g/mol. The van der Waals surface area contributed by atoms with Crippen molar-refractivity contribution >= 4 is 27.5 Å². The largest absolute Gasteiger partial charge is 0.305 e. The molecule has 0 radical (unpaired) electrons. The summed E-state index contributed by atoms with van der Waals surface area (Å²) in [4.78, 5) is 17.3. The molecule has 0 aliphatic rings. The standard InChI is InChI=1S/C18H18N4OS/c1-6-7-22-15-9-11(2)8-12(3)16(15)24-18(22)19-17(23)14-10-13(4)21(5)20-14/h1,8-10H,7H2,2-5H3. The van der Waals surface area contributed by atoms with Gasteiger partial charge in [-0.3, -0.25) is 9.48 Å². The molecule has 24 heavy (non-hydrogen) atoms. The second kappa shape index (κ2) is 6.10. The zero-order valence-corrected chi connectivity index (χ0v) is 14.9. The molecule has 0 saturated carbocycles. The maximum absolute atomic E-state index is 12.5. The lowest BCUT2D eigenvalue weighted by Crippen LogP contribution is -2.16. The normalized spacial score (nSPS) is 11.9. The minimum absolute atomic E-state index is 0.340. The number of thiazole rings is 1. The third-order valence-electron chi connectivity index (χ3n) is 3.89. The van der Waals surface area contributed by atoms with Gasteiger partial charge in [0.25, 0.3) is 5.91 Å². The van der Waals surface area contributed by atoms with E-state index < -0.39 is 0 Å². The highest BCUT2D eigenvalue weighted by atomic mass is 32.1. The van der Waals surface area contributed by atoms with Gasteiger partial charge in [0.15, 0.2) is 10.5 Å². The van der Waals surface area contributed by atoms with Crippen LogP contribution >= 0.6 is 11.3 Å². The van der Waals surface area contributed by atoms with E-state index in [-0.39, 0.29) is 5.91 Å². The van der Waals surface area contributed by atoms with Gasteiger partial charge in [-0.1, -0.05) is 23.3 Å². The summed E-state index contributed by atoms with van der Waals surface area (Å²) < 4.78 is 4.67. The highest BCUT2D eigenvalue weighted by molar-refractivity contribution is 7.16. The fourth-order valence-corrected chi connectivity index (χ4v) is 3.73. The SMILES string of the molecule is C#CCn1c(=NC(=O)c2cc(C)n(C)n2)sc2c(C)cc(C)cc21. The van der Waals surface area contributed by atoms with E-state index in [9.17, 15) is 4.79 Å². The Hall–Kier alpha value is -2.65. The topological polar surface area (TPSA) is 52.2 Å². The molecule has 0 fully saturated rings. The third kappa shape index (κ3) is 2.79. The van der Waals surface area contributed by atoms with Crippen molar-refractivity contribution in [2.45, 2.75) is 27.3 Å². The first-order valence-electron chi connectivity index (χ1n) is 7.54. The van der Waals surface area contributed by atoms with Crippen LogP contribution in [0.1, 0.15) is 27.3 Å². The molecular formula is C18H18N4OS. The van der Waals surface area contributed by atoms with Crippen LogP contribution in [0.3, 0.4) is 0 Å². The minimum atomic E-state index is -0.356. The number of nitrogens with zero attached hydrogens (tertiary/aromatic N) is 4. The van der Waals surface area contributed by atoms with Crippen LogP contribution in [0.5, 0.6) is 0 Å². The van der Waals surface area contributed by atoms with Gasteiger partial charge in [0.05, 0.1) is 16.8 Å². The quantitative estimate of drug-likeness (QED) is 0.675. The fourth-order valence-electron chi connectivity index (χ4n) is 2.65. The Morgan fingerprint density at radius 2 is 2.08 bits per heavy atom. The Kier molecular flexibility index (Phi) is 4.12. The summed E-state index contributed by atoms with van der Waals surface area (Å²) in [6.07, 6.45) is 5.51. The average Bonchev–Trinajstić information content (AvgIpc) is 3.02. The molecule has 0 atom stereocenters. The fraction of sp³-hybridized carbons (Fsp3) is 0.278. The Morgan fingerprint density at radius 3 is 2.71 bits per heavy atom. The number of hydrogen-bond acceptors (Lipinski definition) is 3. The number of carbonyl (C=O) groups is 1. The molecule has 122 valence electrons. The summed E-state index contributed by atoms with van der Waals surface area (Å²) in [5, 5.41) is 4.20. The zero-order valence-electron chi connectivity index (χ0n) is 14.1. The van der Waals surface area contributed by atoms with E-state index >= 15 is 0 Å². The predicted octanol–water partition coefficient (Wildman–Crippen LogP) is 2.74. The van der Waals surface area contributed by atoms with Gasteiger partial charge < -0.3 is 4.57 Å². The van der Waals surface area contributed by atoms with Crippen LogP contribution in [0.25, 0.3) is 10.2 Å².